The van der Waals surface area contributed by atoms with Gasteiger partial charge in [-0.2, -0.15) is 0 Å². The number of esters is 1. The molecule has 0 radical (unpaired) electrons. The Morgan fingerprint density at radius 3 is 3.05 bits per heavy atom. The van der Waals surface area contributed by atoms with E-state index in [0.29, 0.717) is 5.56 Å². The van der Waals surface area contributed by atoms with E-state index in [-0.39, 0.29) is 18.7 Å². The molecule has 0 N–H and O–H groups in total. The maximum absolute atomic E-state index is 13.6. The molecule has 1 atom stereocenters. The van der Waals surface area contributed by atoms with Crippen molar-refractivity contribution in [3.05, 3.63) is 39.3 Å². The van der Waals surface area contributed by atoms with E-state index < -0.39 is 29.3 Å². The molecular formula is C11H9F2N3O3. The maximum atomic E-state index is 13.6. The molecule has 0 fully saturated rings. The van der Waals surface area contributed by atoms with Gasteiger partial charge in [-0.1, -0.05) is 5.11 Å². The van der Waals surface area contributed by atoms with Crippen LogP contribution in [-0.4, -0.2) is 25.7 Å². The Labute approximate surface area is 106 Å². The maximum Gasteiger partial charge on any atom is 0.344 e. The number of methoxy groups -OCH3 is 1. The highest BCUT2D eigenvalue weighted by Crippen LogP contribution is 2.36. The summed E-state index contributed by atoms with van der Waals surface area (Å²) in [5.41, 5.74) is 8.00. The molecule has 0 aliphatic carbocycles. The van der Waals surface area contributed by atoms with E-state index in [1.807, 2.05) is 0 Å². The van der Waals surface area contributed by atoms with Crippen molar-refractivity contribution >= 4 is 5.97 Å². The molecule has 0 amide bonds. The predicted molar refractivity (Wildman–Crippen MR) is 59.8 cm³/mol. The van der Waals surface area contributed by atoms with Gasteiger partial charge < -0.3 is 9.47 Å². The molecular weight excluding hydrogens is 260 g/mol. The Balaban J connectivity index is 2.43. The Kier molecular flexibility index (Phi) is 3.52. The van der Waals surface area contributed by atoms with Crippen molar-refractivity contribution in [1.29, 1.82) is 0 Å². The van der Waals surface area contributed by atoms with E-state index >= 15 is 0 Å². The molecule has 0 bridgehead atoms. The first-order valence-corrected chi connectivity index (χ1v) is 5.35. The molecule has 1 aliphatic heterocycles. The van der Waals surface area contributed by atoms with Crippen LogP contribution in [0.4, 0.5) is 8.78 Å². The van der Waals surface area contributed by atoms with Gasteiger partial charge in [-0.05, 0) is 11.6 Å². The summed E-state index contributed by atoms with van der Waals surface area (Å²) in [4.78, 5) is 14.1. The summed E-state index contributed by atoms with van der Waals surface area (Å²) < 4.78 is 36.8. The fourth-order valence-electron chi connectivity index (χ4n) is 1.92. The largest absolute Gasteiger partial charge is 0.489 e. The normalized spacial score (nSPS) is 16.3. The molecule has 0 spiro atoms. The summed E-state index contributed by atoms with van der Waals surface area (Å²) in [7, 11) is 1.06. The van der Waals surface area contributed by atoms with Gasteiger partial charge in [0, 0.05) is 16.9 Å². The van der Waals surface area contributed by atoms with Gasteiger partial charge in [-0.3, -0.25) is 0 Å². The van der Waals surface area contributed by atoms with Gasteiger partial charge in [0.1, 0.15) is 17.4 Å². The van der Waals surface area contributed by atoms with E-state index in [1.165, 1.54) is 0 Å². The van der Waals surface area contributed by atoms with E-state index in [0.717, 1.165) is 13.2 Å². The topological polar surface area (TPSA) is 84.3 Å². The first-order valence-electron chi connectivity index (χ1n) is 5.35. The zero-order valence-electron chi connectivity index (χ0n) is 9.89. The minimum absolute atomic E-state index is 0.00896. The summed E-state index contributed by atoms with van der Waals surface area (Å²) in [5.74, 6) is -3.52. The van der Waals surface area contributed by atoms with Crippen molar-refractivity contribution in [3.63, 3.8) is 0 Å². The van der Waals surface area contributed by atoms with Crippen LogP contribution in [0, 0.1) is 11.6 Å². The zero-order chi connectivity index (χ0) is 14.0. The number of hydrogen-bond donors (Lipinski definition) is 0. The van der Waals surface area contributed by atoms with E-state index in [9.17, 15) is 13.6 Å². The van der Waals surface area contributed by atoms with Crippen LogP contribution in [0.5, 0.6) is 5.75 Å². The molecule has 100 valence electrons. The summed E-state index contributed by atoms with van der Waals surface area (Å²) >= 11 is 0. The monoisotopic (exact) mass is 269 g/mol. The summed E-state index contributed by atoms with van der Waals surface area (Å²) in [6, 6.07) is 0.965. The zero-order valence-corrected chi connectivity index (χ0v) is 9.89. The van der Waals surface area contributed by atoms with Crippen molar-refractivity contribution in [2.24, 2.45) is 5.11 Å². The minimum Gasteiger partial charge on any atom is -0.489 e. The van der Waals surface area contributed by atoms with Crippen molar-refractivity contribution in [3.8, 4) is 5.75 Å². The Hall–Kier alpha value is -2.34. The molecule has 19 heavy (non-hydrogen) atoms. The average Bonchev–Trinajstić information content (AvgIpc) is 2.79. The molecule has 0 saturated carbocycles. The Morgan fingerprint density at radius 1 is 1.68 bits per heavy atom. The van der Waals surface area contributed by atoms with Crippen LogP contribution in [0.2, 0.25) is 0 Å². The number of nitrogens with zero attached hydrogens (tertiary/aromatic N) is 3. The number of ether oxygens (including phenoxy) is 2. The van der Waals surface area contributed by atoms with Crippen LogP contribution in [0.1, 0.15) is 15.9 Å². The Morgan fingerprint density at radius 2 is 2.42 bits per heavy atom. The highest BCUT2D eigenvalue weighted by atomic mass is 19.2. The molecule has 1 aliphatic rings. The number of fused-ring (bicyclic) bond motifs is 1. The Bertz CT molecular complexity index is 585. The second kappa shape index (κ2) is 5.11. The average molecular weight is 269 g/mol. The minimum atomic E-state index is -1.31. The van der Waals surface area contributed by atoms with Gasteiger partial charge in [-0.15, -0.1) is 0 Å². The van der Waals surface area contributed by atoms with Gasteiger partial charge in [0.05, 0.1) is 13.7 Å². The molecule has 1 heterocycles. The van der Waals surface area contributed by atoms with Gasteiger partial charge >= 0.3 is 5.97 Å². The third-order valence-corrected chi connectivity index (χ3v) is 2.72. The van der Waals surface area contributed by atoms with Crippen LogP contribution in [0.15, 0.2) is 11.2 Å². The van der Waals surface area contributed by atoms with Crippen LogP contribution < -0.4 is 4.74 Å². The molecule has 1 aromatic rings. The second-order valence-electron chi connectivity index (χ2n) is 3.88. The SMILES string of the molecule is COC(=O)c1c(F)c(F)cc2c1OC(CN=[N+]=[N-])C2. The fraction of sp³-hybridized carbons (Fsp3) is 0.364. The smallest absolute Gasteiger partial charge is 0.344 e. The second-order valence-corrected chi connectivity index (χ2v) is 3.88. The van der Waals surface area contributed by atoms with Gasteiger partial charge in [0.25, 0.3) is 0 Å². The van der Waals surface area contributed by atoms with Crippen molar-refractivity contribution in [1.82, 2.24) is 0 Å². The summed E-state index contributed by atoms with van der Waals surface area (Å²) in [5, 5.41) is 3.33. The first-order chi connectivity index (χ1) is 9.08. The third-order valence-electron chi connectivity index (χ3n) is 2.72. The van der Waals surface area contributed by atoms with Crippen molar-refractivity contribution in [2.75, 3.05) is 13.7 Å². The van der Waals surface area contributed by atoms with Crippen LogP contribution in [0.3, 0.4) is 0 Å². The highest BCUT2D eigenvalue weighted by Gasteiger charge is 2.32. The molecule has 1 unspecified atom stereocenters. The van der Waals surface area contributed by atoms with E-state index in [4.69, 9.17) is 10.3 Å². The number of azide groups is 1. The van der Waals surface area contributed by atoms with Crippen LogP contribution >= 0.6 is 0 Å². The fourth-order valence-corrected chi connectivity index (χ4v) is 1.92. The summed E-state index contributed by atoms with van der Waals surface area (Å²) in [6.07, 6.45) is -0.314. The molecule has 2 rings (SSSR count). The predicted octanol–water partition coefficient (Wildman–Crippen LogP) is 2.37. The first kappa shape index (κ1) is 13.1. The standard InChI is InChI=1S/C11H9F2N3O3/c1-18-11(17)8-9(13)7(12)3-5-2-6(4-15-16-14)19-10(5)8/h3,6H,2,4H2,1H3. The molecule has 0 saturated heterocycles. The molecule has 0 aromatic heterocycles. The number of halogens is 2. The third kappa shape index (κ3) is 2.30. The molecule has 8 heteroatoms. The van der Waals surface area contributed by atoms with Crippen LogP contribution in [-0.2, 0) is 11.2 Å². The number of carbonyl (C=O) groups excluding carboxylic acids is 1. The summed E-state index contributed by atoms with van der Waals surface area (Å²) in [6.45, 7) is 0.00896. The number of rotatable bonds is 3. The number of carbonyl (C=O) groups is 1. The highest BCUT2D eigenvalue weighted by molar-refractivity contribution is 5.93. The van der Waals surface area contributed by atoms with Crippen LogP contribution in [0.25, 0.3) is 10.4 Å². The lowest BCUT2D eigenvalue weighted by atomic mass is 10.1. The van der Waals surface area contributed by atoms with Gasteiger partial charge in [-0.25, -0.2) is 13.6 Å². The molecule has 1 aromatic carbocycles. The van der Waals surface area contributed by atoms with Crippen molar-refractivity contribution < 1.29 is 23.0 Å². The van der Waals surface area contributed by atoms with Gasteiger partial charge in [0.2, 0.25) is 0 Å². The number of benzene rings is 1. The van der Waals surface area contributed by atoms with Gasteiger partial charge in [0.15, 0.2) is 11.6 Å². The lowest BCUT2D eigenvalue weighted by Gasteiger charge is -2.10. The number of hydrogen-bond acceptors (Lipinski definition) is 4. The van der Waals surface area contributed by atoms with E-state index in [2.05, 4.69) is 14.8 Å². The molecule has 6 nitrogen and oxygen atoms in total. The van der Waals surface area contributed by atoms with Crippen molar-refractivity contribution in [2.45, 2.75) is 12.5 Å². The lowest BCUT2D eigenvalue weighted by molar-refractivity contribution is 0.0588. The lowest BCUT2D eigenvalue weighted by Crippen LogP contribution is -2.17. The quantitative estimate of drug-likeness (QED) is 0.365. The van der Waals surface area contributed by atoms with E-state index in [1.54, 1.807) is 0 Å².